The monoisotopic (exact) mass is 244 g/mol. The maximum Gasteiger partial charge on any atom is 0.128 e. The molecule has 0 amide bonds. The van der Waals surface area contributed by atoms with Crippen LogP contribution in [-0.2, 0) is 4.74 Å². The molecule has 0 saturated heterocycles. The highest BCUT2D eigenvalue weighted by molar-refractivity contribution is 5.21. The molecule has 1 aromatic rings. The zero-order valence-corrected chi connectivity index (χ0v) is 10.9. The van der Waals surface area contributed by atoms with Gasteiger partial charge in [0.15, 0.2) is 0 Å². The van der Waals surface area contributed by atoms with E-state index in [0.29, 0.717) is 6.42 Å². The minimum absolute atomic E-state index is 0.254. The van der Waals surface area contributed by atoms with E-state index in [2.05, 4.69) is 11.8 Å². The molecule has 0 aliphatic heterocycles. The summed E-state index contributed by atoms with van der Waals surface area (Å²) < 4.78 is 5.53. The minimum Gasteiger partial charge on any atom is -0.387 e. The van der Waals surface area contributed by atoms with Crippen LogP contribution in [0.1, 0.15) is 43.8 Å². The lowest BCUT2D eigenvalue weighted by molar-refractivity contribution is 0.0473. The number of hydrogen-bond donors (Lipinski definition) is 1. The average molecular weight is 244 g/mol. The molecule has 0 bridgehead atoms. The molecule has 0 radical (unpaired) electrons. The lowest BCUT2D eigenvalue weighted by atomic mass is 10.0. The topological polar surface area (TPSA) is 29.5 Å². The number of benzene rings is 1. The van der Waals surface area contributed by atoms with Gasteiger partial charge in [0.05, 0.1) is 6.10 Å². The molecule has 2 nitrogen and oxygen atoms in total. The molecular formula is C16H20O2. The minimum atomic E-state index is -0.506. The van der Waals surface area contributed by atoms with E-state index in [4.69, 9.17) is 4.74 Å². The summed E-state index contributed by atoms with van der Waals surface area (Å²) in [5, 5.41) is 10.0. The Morgan fingerprint density at radius 3 is 2.56 bits per heavy atom. The summed E-state index contributed by atoms with van der Waals surface area (Å²) in [4.78, 5) is 0. The third kappa shape index (κ3) is 3.13. The van der Waals surface area contributed by atoms with Crippen LogP contribution in [0.2, 0.25) is 0 Å². The zero-order valence-electron chi connectivity index (χ0n) is 10.9. The van der Waals surface area contributed by atoms with Gasteiger partial charge in [0, 0.05) is 13.5 Å². The van der Waals surface area contributed by atoms with Crippen molar-refractivity contribution in [2.45, 2.75) is 43.8 Å². The summed E-state index contributed by atoms with van der Waals surface area (Å²) in [6.45, 7) is 0. The van der Waals surface area contributed by atoms with Gasteiger partial charge >= 0.3 is 0 Å². The van der Waals surface area contributed by atoms with E-state index in [-0.39, 0.29) is 5.60 Å². The Hall–Kier alpha value is -1.30. The van der Waals surface area contributed by atoms with Gasteiger partial charge in [-0.1, -0.05) is 42.2 Å². The lowest BCUT2D eigenvalue weighted by Crippen LogP contribution is -2.24. The molecule has 1 aliphatic rings. The second-order valence-electron chi connectivity index (χ2n) is 4.84. The van der Waals surface area contributed by atoms with Crippen molar-refractivity contribution in [3.63, 3.8) is 0 Å². The fourth-order valence-corrected chi connectivity index (χ4v) is 2.43. The number of rotatable bonds is 3. The molecule has 0 aromatic heterocycles. The van der Waals surface area contributed by atoms with Crippen molar-refractivity contribution in [3.05, 3.63) is 35.9 Å². The van der Waals surface area contributed by atoms with E-state index >= 15 is 0 Å². The molecule has 1 N–H and O–H groups in total. The van der Waals surface area contributed by atoms with E-state index in [1.807, 2.05) is 30.3 Å². The Bertz CT molecular complexity index is 421. The first-order valence-electron chi connectivity index (χ1n) is 6.54. The smallest absolute Gasteiger partial charge is 0.128 e. The number of ether oxygens (including phenoxy) is 1. The summed E-state index contributed by atoms with van der Waals surface area (Å²) in [6, 6.07) is 9.65. The van der Waals surface area contributed by atoms with Crippen LogP contribution in [-0.4, -0.2) is 17.8 Å². The van der Waals surface area contributed by atoms with Gasteiger partial charge in [0.25, 0.3) is 0 Å². The molecule has 18 heavy (non-hydrogen) atoms. The molecule has 1 fully saturated rings. The summed E-state index contributed by atoms with van der Waals surface area (Å²) in [6.07, 6.45) is 4.35. The van der Waals surface area contributed by atoms with Crippen molar-refractivity contribution < 1.29 is 9.84 Å². The van der Waals surface area contributed by atoms with Crippen LogP contribution in [0.15, 0.2) is 30.3 Å². The fraction of sp³-hybridized carbons (Fsp3) is 0.500. The Balaban J connectivity index is 1.95. The van der Waals surface area contributed by atoms with E-state index in [9.17, 15) is 5.11 Å². The Kier molecular flexibility index (Phi) is 4.41. The number of methoxy groups -OCH3 is 1. The standard InChI is InChI=1S/C16H20O2/c1-18-16(11-5-6-12-16)13-7-10-15(17)14-8-3-2-4-9-14/h2-4,8-9,15,17H,5-6,10-12H2,1H3. The van der Waals surface area contributed by atoms with Crippen molar-refractivity contribution in [2.75, 3.05) is 7.11 Å². The first kappa shape index (κ1) is 13.1. The number of hydrogen-bond acceptors (Lipinski definition) is 2. The quantitative estimate of drug-likeness (QED) is 0.828. The first-order valence-corrected chi connectivity index (χ1v) is 6.54. The Morgan fingerprint density at radius 2 is 1.94 bits per heavy atom. The molecule has 0 heterocycles. The second kappa shape index (κ2) is 6.04. The van der Waals surface area contributed by atoms with Crippen LogP contribution in [0, 0.1) is 11.8 Å². The van der Waals surface area contributed by atoms with Gasteiger partial charge in [-0.05, 0) is 31.2 Å². The summed E-state index contributed by atoms with van der Waals surface area (Å²) >= 11 is 0. The maximum absolute atomic E-state index is 10.0. The largest absolute Gasteiger partial charge is 0.387 e. The summed E-state index contributed by atoms with van der Waals surface area (Å²) in [7, 11) is 1.73. The lowest BCUT2D eigenvalue weighted by Gasteiger charge is -2.20. The van der Waals surface area contributed by atoms with Gasteiger partial charge in [-0.2, -0.15) is 0 Å². The van der Waals surface area contributed by atoms with Crippen LogP contribution in [0.5, 0.6) is 0 Å². The van der Waals surface area contributed by atoms with Crippen LogP contribution >= 0.6 is 0 Å². The van der Waals surface area contributed by atoms with Crippen molar-refractivity contribution in [3.8, 4) is 11.8 Å². The number of aliphatic hydroxyl groups is 1. The van der Waals surface area contributed by atoms with Crippen LogP contribution in [0.3, 0.4) is 0 Å². The van der Waals surface area contributed by atoms with Crippen LogP contribution < -0.4 is 0 Å². The highest BCUT2D eigenvalue weighted by Crippen LogP contribution is 2.32. The fourth-order valence-electron chi connectivity index (χ4n) is 2.43. The summed E-state index contributed by atoms with van der Waals surface area (Å²) in [5.74, 6) is 6.31. The predicted octanol–water partition coefficient (Wildman–Crippen LogP) is 3.07. The molecule has 1 saturated carbocycles. The van der Waals surface area contributed by atoms with Gasteiger partial charge in [0.2, 0.25) is 0 Å². The zero-order chi connectivity index (χ0) is 12.8. The van der Waals surface area contributed by atoms with Crippen molar-refractivity contribution >= 4 is 0 Å². The normalized spacial score (nSPS) is 19.0. The third-order valence-corrected chi connectivity index (χ3v) is 3.60. The van der Waals surface area contributed by atoms with Gasteiger partial charge in [-0.15, -0.1) is 0 Å². The molecule has 2 rings (SSSR count). The first-order chi connectivity index (χ1) is 8.76. The van der Waals surface area contributed by atoms with Crippen LogP contribution in [0.4, 0.5) is 0 Å². The molecule has 2 heteroatoms. The Morgan fingerprint density at radius 1 is 1.28 bits per heavy atom. The van der Waals surface area contributed by atoms with E-state index in [1.54, 1.807) is 7.11 Å². The Labute approximate surface area is 109 Å². The van der Waals surface area contributed by atoms with Crippen molar-refractivity contribution in [1.82, 2.24) is 0 Å². The van der Waals surface area contributed by atoms with Gasteiger partial charge in [-0.3, -0.25) is 0 Å². The molecule has 1 unspecified atom stereocenters. The average Bonchev–Trinajstić information content (AvgIpc) is 2.89. The van der Waals surface area contributed by atoms with Gasteiger partial charge < -0.3 is 9.84 Å². The number of aliphatic hydroxyl groups excluding tert-OH is 1. The summed E-state index contributed by atoms with van der Waals surface area (Å²) in [5.41, 5.74) is 0.667. The van der Waals surface area contributed by atoms with Crippen molar-refractivity contribution in [1.29, 1.82) is 0 Å². The van der Waals surface area contributed by atoms with Crippen LogP contribution in [0.25, 0.3) is 0 Å². The third-order valence-electron chi connectivity index (χ3n) is 3.60. The van der Waals surface area contributed by atoms with E-state index in [1.165, 1.54) is 12.8 Å². The maximum atomic E-state index is 10.0. The molecule has 1 aromatic carbocycles. The van der Waals surface area contributed by atoms with E-state index in [0.717, 1.165) is 18.4 Å². The SMILES string of the molecule is COC1(C#CCC(O)c2ccccc2)CCCC1. The highest BCUT2D eigenvalue weighted by Gasteiger charge is 2.31. The highest BCUT2D eigenvalue weighted by atomic mass is 16.5. The predicted molar refractivity (Wildman–Crippen MR) is 72.0 cm³/mol. The second-order valence-corrected chi connectivity index (χ2v) is 4.84. The van der Waals surface area contributed by atoms with Crippen molar-refractivity contribution in [2.24, 2.45) is 0 Å². The van der Waals surface area contributed by atoms with Gasteiger partial charge in [-0.25, -0.2) is 0 Å². The van der Waals surface area contributed by atoms with Gasteiger partial charge in [0.1, 0.15) is 5.60 Å². The molecule has 1 atom stereocenters. The van der Waals surface area contributed by atoms with E-state index < -0.39 is 6.10 Å². The molecule has 1 aliphatic carbocycles. The molecular weight excluding hydrogens is 224 g/mol. The molecule has 0 spiro atoms. The molecule has 96 valence electrons.